The van der Waals surface area contributed by atoms with Crippen LogP contribution in [0, 0.1) is 0 Å². The molecule has 0 spiro atoms. The van der Waals surface area contributed by atoms with Crippen molar-refractivity contribution in [3.05, 3.63) is 29.8 Å². The lowest BCUT2D eigenvalue weighted by molar-refractivity contribution is -0.0503. The molecular weight excluding hydrogens is 280 g/mol. The molecule has 1 N–H and O–H groups in total. The van der Waals surface area contributed by atoms with Gasteiger partial charge in [0, 0.05) is 19.2 Å². The largest absolute Gasteiger partial charge is 0.434 e. The van der Waals surface area contributed by atoms with Gasteiger partial charge in [0.1, 0.15) is 5.75 Å². The second-order valence-electron chi connectivity index (χ2n) is 5.04. The summed E-state index contributed by atoms with van der Waals surface area (Å²) in [5.41, 5.74) is 0.161. The SMILES string of the molecule is O=C(c1ccccc1OC(F)F)N1CCCC1CCCO. The number of halogens is 2. The molecule has 1 saturated heterocycles. The van der Waals surface area contributed by atoms with Gasteiger partial charge in [0.25, 0.3) is 5.91 Å². The second kappa shape index (κ2) is 7.36. The molecule has 0 saturated carbocycles. The molecule has 1 atom stereocenters. The van der Waals surface area contributed by atoms with Gasteiger partial charge in [0.05, 0.1) is 5.56 Å². The minimum absolute atomic E-state index is 0.0595. The molecule has 0 radical (unpaired) electrons. The first-order chi connectivity index (χ1) is 10.1. The number of likely N-dealkylation sites (tertiary alicyclic amines) is 1. The summed E-state index contributed by atoms with van der Waals surface area (Å²) in [4.78, 5) is 14.3. The molecule has 116 valence electrons. The summed E-state index contributed by atoms with van der Waals surface area (Å²) in [6.45, 7) is -2.26. The highest BCUT2D eigenvalue weighted by atomic mass is 19.3. The maximum Gasteiger partial charge on any atom is 0.387 e. The quantitative estimate of drug-likeness (QED) is 0.878. The van der Waals surface area contributed by atoms with Crippen LogP contribution in [0.4, 0.5) is 8.78 Å². The van der Waals surface area contributed by atoms with Crippen molar-refractivity contribution in [3.8, 4) is 5.75 Å². The Morgan fingerprint density at radius 1 is 1.43 bits per heavy atom. The van der Waals surface area contributed by atoms with Crippen molar-refractivity contribution < 1.29 is 23.4 Å². The fourth-order valence-corrected chi connectivity index (χ4v) is 2.73. The molecule has 1 amide bonds. The molecule has 2 rings (SSSR count). The molecule has 1 unspecified atom stereocenters. The molecule has 1 fully saturated rings. The maximum absolute atomic E-state index is 12.6. The molecular formula is C15H19F2NO3. The standard InChI is InChI=1S/C15H19F2NO3/c16-15(17)21-13-8-2-1-7-12(13)14(20)18-9-3-5-11(18)6-4-10-19/h1-2,7-8,11,15,19H,3-6,9-10H2. The van der Waals surface area contributed by atoms with Gasteiger partial charge in [0.15, 0.2) is 0 Å². The van der Waals surface area contributed by atoms with Crippen LogP contribution in [0.25, 0.3) is 0 Å². The summed E-state index contributed by atoms with van der Waals surface area (Å²) in [7, 11) is 0. The van der Waals surface area contributed by atoms with Gasteiger partial charge in [-0.2, -0.15) is 8.78 Å². The molecule has 4 nitrogen and oxygen atoms in total. The number of para-hydroxylation sites is 1. The summed E-state index contributed by atoms with van der Waals surface area (Å²) in [5.74, 6) is -0.378. The van der Waals surface area contributed by atoms with Crippen LogP contribution in [0.15, 0.2) is 24.3 Å². The van der Waals surface area contributed by atoms with Gasteiger partial charge in [-0.15, -0.1) is 0 Å². The highest BCUT2D eigenvalue weighted by Gasteiger charge is 2.30. The number of hydrogen-bond acceptors (Lipinski definition) is 3. The lowest BCUT2D eigenvalue weighted by Gasteiger charge is -2.25. The number of alkyl halides is 2. The fraction of sp³-hybridized carbons (Fsp3) is 0.533. The van der Waals surface area contributed by atoms with Crippen molar-refractivity contribution in [2.24, 2.45) is 0 Å². The van der Waals surface area contributed by atoms with Crippen molar-refractivity contribution in [2.75, 3.05) is 13.2 Å². The number of carbonyl (C=O) groups is 1. The summed E-state index contributed by atoms with van der Waals surface area (Å²) < 4.78 is 29.2. The van der Waals surface area contributed by atoms with E-state index in [0.29, 0.717) is 13.0 Å². The van der Waals surface area contributed by atoms with Crippen molar-refractivity contribution in [3.63, 3.8) is 0 Å². The average Bonchev–Trinajstić information content (AvgIpc) is 2.92. The first-order valence-electron chi connectivity index (χ1n) is 7.09. The van der Waals surface area contributed by atoms with E-state index in [2.05, 4.69) is 4.74 Å². The number of carbonyl (C=O) groups excluding carboxylic acids is 1. The molecule has 1 heterocycles. The molecule has 0 aromatic heterocycles. The second-order valence-corrected chi connectivity index (χ2v) is 5.04. The topological polar surface area (TPSA) is 49.8 Å². The van der Waals surface area contributed by atoms with Crippen molar-refractivity contribution in [2.45, 2.75) is 38.3 Å². The van der Waals surface area contributed by atoms with E-state index in [1.807, 2.05) is 0 Å². The lowest BCUT2D eigenvalue weighted by Crippen LogP contribution is -2.36. The van der Waals surface area contributed by atoms with Crippen molar-refractivity contribution in [1.82, 2.24) is 4.90 Å². The minimum atomic E-state index is -2.96. The highest BCUT2D eigenvalue weighted by Crippen LogP contribution is 2.27. The van der Waals surface area contributed by atoms with Gasteiger partial charge < -0.3 is 14.7 Å². The number of ether oxygens (including phenoxy) is 1. The van der Waals surface area contributed by atoms with Gasteiger partial charge in [-0.05, 0) is 37.8 Å². The summed E-state index contributed by atoms with van der Waals surface area (Å²) in [6, 6.07) is 6.12. The Morgan fingerprint density at radius 3 is 2.90 bits per heavy atom. The van der Waals surface area contributed by atoms with Crippen LogP contribution in [0.2, 0.25) is 0 Å². The van der Waals surface area contributed by atoms with E-state index in [4.69, 9.17) is 5.11 Å². The molecule has 0 aliphatic carbocycles. The molecule has 21 heavy (non-hydrogen) atoms. The number of amides is 1. The normalized spacial score (nSPS) is 18.3. The van der Waals surface area contributed by atoms with Gasteiger partial charge in [-0.25, -0.2) is 0 Å². The van der Waals surface area contributed by atoms with Gasteiger partial charge >= 0.3 is 6.61 Å². The third-order valence-electron chi connectivity index (χ3n) is 3.67. The van der Waals surface area contributed by atoms with Crippen LogP contribution in [0.5, 0.6) is 5.75 Å². The summed E-state index contributed by atoms with van der Waals surface area (Å²) >= 11 is 0. The first-order valence-corrected chi connectivity index (χ1v) is 7.09. The summed E-state index contributed by atoms with van der Waals surface area (Å²) in [5, 5.41) is 8.90. The number of nitrogens with zero attached hydrogens (tertiary/aromatic N) is 1. The van der Waals surface area contributed by atoms with Crippen molar-refractivity contribution >= 4 is 5.91 Å². The summed E-state index contributed by atoms with van der Waals surface area (Å²) in [6.07, 6.45) is 3.12. The number of rotatable bonds is 6. The average molecular weight is 299 g/mol. The highest BCUT2D eigenvalue weighted by molar-refractivity contribution is 5.97. The Bertz CT molecular complexity index is 482. The Morgan fingerprint density at radius 2 is 2.19 bits per heavy atom. The van der Waals surface area contributed by atoms with E-state index in [0.717, 1.165) is 19.3 Å². The van der Waals surface area contributed by atoms with Crippen LogP contribution in [0.3, 0.4) is 0 Å². The molecule has 1 aliphatic heterocycles. The molecule has 1 aromatic rings. The van der Waals surface area contributed by atoms with Crippen molar-refractivity contribution in [1.29, 1.82) is 0 Å². The van der Waals surface area contributed by atoms with Gasteiger partial charge in [-0.1, -0.05) is 12.1 Å². The van der Waals surface area contributed by atoms with E-state index >= 15 is 0 Å². The van der Waals surface area contributed by atoms with Crippen LogP contribution in [0.1, 0.15) is 36.0 Å². The zero-order valence-electron chi connectivity index (χ0n) is 11.7. The monoisotopic (exact) mass is 299 g/mol. The van der Waals surface area contributed by atoms with E-state index in [1.165, 1.54) is 12.1 Å². The van der Waals surface area contributed by atoms with Gasteiger partial charge in [0.2, 0.25) is 0 Å². The van der Waals surface area contributed by atoms with E-state index in [9.17, 15) is 13.6 Å². The molecule has 1 aromatic carbocycles. The van der Waals surface area contributed by atoms with Crippen LogP contribution in [-0.2, 0) is 0 Å². The molecule has 0 bridgehead atoms. The van der Waals surface area contributed by atoms with E-state index in [1.54, 1.807) is 17.0 Å². The zero-order chi connectivity index (χ0) is 15.2. The number of aliphatic hydroxyl groups excluding tert-OH is 1. The predicted molar refractivity (Wildman–Crippen MR) is 73.5 cm³/mol. The van der Waals surface area contributed by atoms with Crippen LogP contribution >= 0.6 is 0 Å². The number of hydrogen-bond donors (Lipinski definition) is 1. The number of benzene rings is 1. The lowest BCUT2D eigenvalue weighted by atomic mass is 10.1. The van der Waals surface area contributed by atoms with Crippen LogP contribution in [-0.4, -0.2) is 41.7 Å². The minimum Gasteiger partial charge on any atom is -0.434 e. The number of aliphatic hydroxyl groups is 1. The molecule has 6 heteroatoms. The smallest absolute Gasteiger partial charge is 0.387 e. The molecule has 1 aliphatic rings. The third kappa shape index (κ3) is 3.91. The Hall–Kier alpha value is -1.69. The first kappa shape index (κ1) is 15.7. The fourth-order valence-electron chi connectivity index (χ4n) is 2.73. The Kier molecular flexibility index (Phi) is 5.50. The predicted octanol–water partition coefficient (Wildman–Crippen LogP) is 2.67. The Labute approximate surface area is 122 Å². The Balaban J connectivity index is 2.15. The maximum atomic E-state index is 12.6. The van der Waals surface area contributed by atoms with E-state index in [-0.39, 0.29) is 29.9 Å². The third-order valence-corrected chi connectivity index (χ3v) is 3.67. The van der Waals surface area contributed by atoms with E-state index < -0.39 is 6.61 Å². The van der Waals surface area contributed by atoms with Gasteiger partial charge in [-0.3, -0.25) is 4.79 Å². The zero-order valence-corrected chi connectivity index (χ0v) is 11.7. The van der Waals surface area contributed by atoms with Crippen LogP contribution < -0.4 is 4.74 Å².